The summed E-state index contributed by atoms with van der Waals surface area (Å²) in [5.74, 6) is 1.40. The summed E-state index contributed by atoms with van der Waals surface area (Å²) in [4.78, 5) is 51.0. The summed E-state index contributed by atoms with van der Waals surface area (Å²) in [5.41, 5.74) is 6.73. The van der Waals surface area contributed by atoms with Gasteiger partial charge < -0.3 is 19.8 Å². The Balaban J connectivity index is 0.823. The normalized spacial score (nSPS) is 24.3. The van der Waals surface area contributed by atoms with Crippen molar-refractivity contribution < 1.29 is 19.5 Å². The zero-order chi connectivity index (χ0) is 34.6. The third kappa shape index (κ3) is 6.23. The van der Waals surface area contributed by atoms with Crippen LogP contribution < -0.4 is 15.1 Å². The molecule has 2 N–H and O–H groups in total. The van der Waals surface area contributed by atoms with Gasteiger partial charge in [0.05, 0.1) is 17.8 Å². The first-order valence-electron chi connectivity index (χ1n) is 18.4. The number of fused-ring (bicyclic) bond motifs is 2. The molecule has 10 nitrogen and oxygen atoms in total. The fraction of sp³-hybridized carbons (Fsp3) is 0.500. The zero-order valence-electron chi connectivity index (χ0n) is 29.2. The standard InChI is InChI=1S/C40H48N6O4/c1-40(2)16-13-28-23-30(47)7-8-31(28)37(40)27-3-5-29(6-4-27)44-17-14-26(15-18-44)24-43-19-21-45(22-20-43)35-11-9-32-33(41-35)25-46(39(32)50)34-10-12-36(48)42-38(34)49/h3-9,11,23,26,34,37,47H,10,12-22,24-25H2,1-2H3,(H,42,48,49)/t34-,37+/m0/s1. The molecule has 2 aromatic carbocycles. The number of aromatic hydroxyl groups is 1. The lowest BCUT2D eigenvalue weighted by molar-refractivity contribution is -0.136. The van der Waals surface area contributed by atoms with E-state index in [0.717, 1.165) is 64.5 Å². The number of amides is 3. The number of nitrogens with zero attached hydrogens (tertiary/aromatic N) is 5. The largest absolute Gasteiger partial charge is 0.508 e. The first kappa shape index (κ1) is 32.7. The van der Waals surface area contributed by atoms with Gasteiger partial charge in [-0.05, 0) is 96.5 Å². The summed E-state index contributed by atoms with van der Waals surface area (Å²) in [7, 11) is 0. The molecule has 0 saturated carbocycles. The smallest absolute Gasteiger partial charge is 0.256 e. The van der Waals surface area contributed by atoms with E-state index in [1.807, 2.05) is 24.3 Å². The highest BCUT2D eigenvalue weighted by Gasteiger charge is 2.40. The highest BCUT2D eigenvalue weighted by Crippen LogP contribution is 2.49. The van der Waals surface area contributed by atoms with Crippen LogP contribution in [0.4, 0.5) is 11.5 Å². The van der Waals surface area contributed by atoms with Crippen molar-refractivity contribution in [2.24, 2.45) is 11.3 Å². The Kier molecular flexibility index (Phi) is 8.53. The maximum absolute atomic E-state index is 13.1. The number of hydrogen-bond acceptors (Lipinski definition) is 8. The number of hydrogen-bond donors (Lipinski definition) is 2. The maximum Gasteiger partial charge on any atom is 0.256 e. The number of rotatable bonds is 6. The molecule has 4 aliphatic heterocycles. The molecule has 1 aromatic heterocycles. The highest BCUT2D eigenvalue weighted by atomic mass is 16.3. The maximum atomic E-state index is 13.1. The number of phenolic OH excluding ortho intramolecular Hbond substituents is 1. The van der Waals surface area contributed by atoms with Crippen LogP contribution in [0.1, 0.15) is 84.6 Å². The molecule has 0 bridgehead atoms. The molecule has 1 aliphatic carbocycles. The van der Waals surface area contributed by atoms with Gasteiger partial charge in [-0.2, -0.15) is 0 Å². The average molecular weight is 677 g/mol. The van der Waals surface area contributed by atoms with Crippen molar-refractivity contribution in [3.05, 3.63) is 82.5 Å². The first-order chi connectivity index (χ1) is 24.1. The second kappa shape index (κ2) is 13.0. The van der Waals surface area contributed by atoms with Gasteiger partial charge in [0.25, 0.3) is 5.91 Å². The Bertz CT molecular complexity index is 1790. The van der Waals surface area contributed by atoms with E-state index >= 15 is 0 Å². The molecule has 3 fully saturated rings. The van der Waals surface area contributed by atoms with Crippen molar-refractivity contribution >= 4 is 29.2 Å². The number of aryl methyl sites for hydroxylation is 1. The molecule has 3 amide bonds. The van der Waals surface area contributed by atoms with Crippen molar-refractivity contribution in [2.45, 2.75) is 70.9 Å². The lowest BCUT2D eigenvalue weighted by atomic mass is 9.63. The quantitative estimate of drug-likeness (QED) is 0.362. The van der Waals surface area contributed by atoms with E-state index in [1.54, 1.807) is 4.90 Å². The Morgan fingerprint density at radius 2 is 1.62 bits per heavy atom. The molecule has 10 heteroatoms. The van der Waals surface area contributed by atoms with E-state index in [4.69, 9.17) is 4.98 Å². The zero-order valence-corrected chi connectivity index (χ0v) is 29.2. The third-order valence-electron chi connectivity index (χ3n) is 12.0. The van der Waals surface area contributed by atoms with Gasteiger partial charge in [-0.3, -0.25) is 24.6 Å². The number of benzene rings is 2. The third-order valence-corrected chi connectivity index (χ3v) is 12.0. The molecule has 50 heavy (non-hydrogen) atoms. The Hall–Kier alpha value is -4.44. The van der Waals surface area contributed by atoms with Gasteiger partial charge in [0, 0.05) is 63.8 Å². The van der Waals surface area contributed by atoms with Crippen LogP contribution >= 0.6 is 0 Å². The number of piperidine rings is 2. The fourth-order valence-corrected chi connectivity index (χ4v) is 9.12. The van der Waals surface area contributed by atoms with Gasteiger partial charge in [-0.1, -0.05) is 32.0 Å². The molecular formula is C40H48N6O4. The van der Waals surface area contributed by atoms with Crippen molar-refractivity contribution in [3.8, 4) is 5.75 Å². The van der Waals surface area contributed by atoms with Gasteiger partial charge in [-0.25, -0.2) is 4.98 Å². The van der Waals surface area contributed by atoms with Crippen LogP contribution in [0.2, 0.25) is 0 Å². The summed E-state index contributed by atoms with van der Waals surface area (Å²) in [6.45, 7) is 12.1. The lowest BCUT2D eigenvalue weighted by Crippen LogP contribution is -2.52. The molecule has 2 atom stereocenters. The van der Waals surface area contributed by atoms with E-state index in [0.29, 0.717) is 41.8 Å². The minimum atomic E-state index is -0.621. The molecular weight excluding hydrogens is 628 g/mol. The fourth-order valence-electron chi connectivity index (χ4n) is 9.12. The van der Waals surface area contributed by atoms with Gasteiger partial charge in [0.1, 0.15) is 17.6 Å². The average Bonchev–Trinajstić information content (AvgIpc) is 3.44. The molecule has 262 valence electrons. The second-order valence-electron chi connectivity index (χ2n) is 15.7. The monoisotopic (exact) mass is 676 g/mol. The number of carbonyl (C=O) groups excluding carboxylic acids is 3. The van der Waals surface area contributed by atoms with Crippen molar-refractivity contribution in [1.82, 2.24) is 20.1 Å². The Morgan fingerprint density at radius 1 is 0.860 bits per heavy atom. The van der Waals surface area contributed by atoms with Crippen LogP contribution in [-0.4, -0.2) is 89.5 Å². The predicted octanol–water partition coefficient (Wildman–Crippen LogP) is 4.69. The number of anilines is 2. The van der Waals surface area contributed by atoms with Crippen molar-refractivity contribution in [1.29, 1.82) is 0 Å². The molecule has 3 aromatic rings. The van der Waals surface area contributed by atoms with Crippen molar-refractivity contribution in [3.63, 3.8) is 0 Å². The molecule has 8 rings (SSSR count). The molecule has 0 spiro atoms. The van der Waals surface area contributed by atoms with Crippen LogP contribution in [0, 0.1) is 11.3 Å². The van der Waals surface area contributed by atoms with Crippen LogP contribution in [0.15, 0.2) is 54.6 Å². The van der Waals surface area contributed by atoms with E-state index in [1.165, 1.54) is 35.2 Å². The SMILES string of the molecule is CC1(C)CCc2cc(O)ccc2[C@H]1c1ccc(N2CCC(CN3CCN(c4ccc5c(n4)CN([C@H]4CCC(=O)NC4=O)C5=O)CC3)CC2)cc1. The molecule has 5 aliphatic rings. The van der Waals surface area contributed by atoms with E-state index < -0.39 is 11.9 Å². The van der Waals surface area contributed by atoms with Gasteiger partial charge >= 0.3 is 0 Å². The van der Waals surface area contributed by atoms with Crippen LogP contribution in [0.3, 0.4) is 0 Å². The number of piperazine rings is 1. The van der Waals surface area contributed by atoms with Gasteiger partial charge in [0.15, 0.2) is 0 Å². The summed E-state index contributed by atoms with van der Waals surface area (Å²) >= 11 is 0. The predicted molar refractivity (Wildman–Crippen MR) is 192 cm³/mol. The minimum Gasteiger partial charge on any atom is -0.508 e. The number of aromatic nitrogens is 1. The van der Waals surface area contributed by atoms with Crippen LogP contribution in [0.25, 0.3) is 0 Å². The Morgan fingerprint density at radius 3 is 2.36 bits per heavy atom. The number of pyridine rings is 1. The number of phenols is 1. The number of nitrogens with one attached hydrogen (secondary N) is 1. The number of carbonyl (C=O) groups is 3. The molecule has 0 unspecified atom stereocenters. The van der Waals surface area contributed by atoms with E-state index in [2.05, 4.69) is 64.2 Å². The van der Waals surface area contributed by atoms with E-state index in [9.17, 15) is 19.5 Å². The topological polar surface area (TPSA) is 109 Å². The first-order valence-corrected chi connectivity index (χ1v) is 18.4. The summed E-state index contributed by atoms with van der Waals surface area (Å²) in [6.07, 6.45) is 5.11. The molecule has 3 saturated heterocycles. The second-order valence-corrected chi connectivity index (χ2v) is 15.7. The number of imide groups is 1. The van der Waals surface area contributed by atoms with Gasteiger partial charge in [0.2, 0.25) is 11.8 Å². The van der Waals surface area contributed by atoms with E-state index in [-0.39, 0.29) is 23.7 Å². The summed E-state index contributed by atoms with van der Waals surface area (Å²) in [6, 6.07) is 18.4. The van der Waals surface area contributed by atoms with Gasteiger partial charge in [-0.15, -0.1) is 0 Å². The molecule has 0 radical (unpaired) electrons. The Labute approximate surface area is 294 Å². The summed E-state index contributed by atoms with van der Waals surface area (Å²) in [5, 5.41) is 12.4. The van der Waals surface area contributed by atoms with Crippen LogP contribution in [0.5, 0.6) is 5.75 Å². The van der Waals surface area contributed by atoms with Crippen molar-refractivity contribution in [2.75, 3.05) is 55.6 Å². The summed E-state index contributed by atoms with van der Waals surface area (Å²) < 4.78 is 0. The molecule has 5 heterocycles. The minimum absolute atomic E-state index is 0.161. The highest BCUT2D eigenvalue weighted by molar-refractivity contribution is 6.05. The lowest BCUT2D eigenvalue weighted by Gasteiger charge is -2.41. The van der Waals surface area contributed by atoms with Crippen LogP contribution in [-0.2, 0) is 22.6 Å².